The monoisotopic (exact) mass is 304 g/mol. The molecular formula is C15H13FN2O2S. The first-order valence-corrected chi connectivity index (χ1v) is 7.37. The molecule has 1 atom stereocenters. The smallest absolute Gasteiger partial charge is 0.137 e. The first-order chi connectivity index (χ1) is 10.0. The summed E-state index contributed by atoms with van der Waals surface area (Å²) < 4.78 is 31.3. The summed E-state index contributed by atoms with van der Waals surface area (Å²) in [5, 5.41) is 8.70. The summed E-state index contributed by atoms with van der Waals surface area (Å²) >= 11 is 0. The Kier molecular flexibility index (Phi) is 4.55. The first-order valence-electron chi connectivity index (χ1n) is 6.05. The second-order valence-electron chi connectivity index (χ2n) is 4.32. The molecule has 0 saturated heterocycles. The minimum absolute atomic E-state index is 0.00216. The van der Waals surface area contributed by atoms with Crippen LogP contribution in [0.3, 0.4) is 0 Å². The van der Waals surface area contributed by atoms with Gasteiger partial charge in [-0.2, -0.15) is 5.26 Å². The highest BCUT2D eigenvalue weighted by atomic mass is 32.2. The number of hydrogen-bond donors (Lipinski definition) is 1. The van der Waals surface area contributed by atoms with Crippen molar-refractivity contribution in [1.82, 2.24) is 0 Å². The van der Waals surface area contributed by atoms with Gasteiger partial charge in [0.25, 0.3) is 0 Å². The molecule has 0 aliphatic carbocycles. The average molecular weight is 304 g/mol. The van der Waals surface area contributed by atoms with Gasteiger partial charge in [-0.3, -0.25) is 4.21 Å². The first kappa shape index (κ1) is 15.0. The molecule has 2 aromatic rings. The van der Waals surface area contributed by atoms with E-state index in [0.717, 1.165) is 6.07 Å². The number of halogens is 1. The number of nitriles is 1. The van der Waals surface area contributed by atoms with E-state index in [4.69, 9.17) is 15.7 Å². The number of nitrogens with zero attached hydrogens (tertiary/aromatic N) is 1. The fourth-order valence-corrected chi connectivity index (χ4v) is 3.08. The Hall–Kier alpha value is -2.39. The summed E-state index contributed by atoms with van der Waals surface area (Å²) in [5.41, 5.74) is 6.65. The molecule has 0 aliphatic heterocycles. The highest BCUT2D eigenvalue weighted by Gasteiger charge is 2.14. The van der Waals surface area contributed by atoms with Crippen LogP contribution in [0, 0.1) is 17.1 Å². The van der Waals surface area contributed by atoms with E-state index in [1.165, 1.54) is 19.2 Å². The number of methoxy groups -OCH3 is 1. The van der Waals surface area contributed by atoms with Crippen molar-refractivity contribution in [1.29, 1.82) is 5.26 Å². The largest absolute Gasteiger partial charge is 0.495 e. The van der Waals surface area contributed by atoms with Crippen LogP contribution in [0.15, 0.2) is 41.3 Å². The van der Waals surface area contributed by atoms with Gasteiger partial charge in [-0.15, -0.1) is 0 Å². The minimum Gasteiger partial charge on any atom is -0.495 e. The van der Waals surface area contributed by atoms with Crippen molar-refractivity contribution in [2.75, 3.05) is 12.8 Å². The normalized spacial score (nSPS) is 11.7. The molecule has 4 nitrogen and oxygen atoms in total. The quantitative estimate of drug-likeness (QED) is 0.881. The van der Waals surface area contributed by atoms with Gasteiger partial charge in [0.2, 0.25) is 0 Å². The molecule has 0 saturated carbocycles. The van der Waals surface area contributed by atoms with Gasteiger partial charge in [-0.1, -0.05) is 6.07 Å². The molecule has 21 heavy (non-hydrogen) atoms. The Morgan fingerprint density at radius 3 is 2.71 bits per heavy atom. The minimum atomic E-state index is -1.48. The number of hydrogen-bond acceptors (Lipinski definition) is 4. The summed E-state index contributed by atoms with van der Waals surface area (Å²) in [5.74, 6) is -0.142. The Labute approximate surface area is 124 Å². The van der Waals surface area contributed by atoms with Gasteiger partial charge in [0, 0.05) is 17.3 Å². The molecule has 0 heterocycles. The SMILES string of the molecule is COc1cc(N)ccc1S(=O)Cc1ccc(C#N)cc1F. The number of ether oxygens (including phenoxy) is 1. The molecule has 0 aromatic heterocycles. The molecule has 2 N–H and O–H groups in total. The zero-order valence-electron chi connectivity index (χ0n) is 11.3. The molecule has 2 aromatic carbocycles. The summed E-state index contributed by atoms with van der Waals surface area (Å²) in [7, 11) is -0.0203. The van der Waals surface area contributed by atoms with Gasteiger partial charge < -0.3 is 10.5 Å². The lowest BCUT2D eigenvalue weighted by Crippen LogP contribution is -2.02. The summed E-state index contributed by atoms with van der Waals surface area (Å²) in [4.78, 5) is 0.454. The molecule has 6 heteroatoms. The van der Waals surface area contributed by atoms with E-state index in [0.29, 0.717) is 16.3 Å². The summed E-state index contributed by atoms with van der Waals surface area (Å²) in [6.45, 7) is 0. The van der Waals surface area contributed by atoms with Gasteiger partial charge in [0.05, 0.1) is 40.2 Å². The van der Waals surface area contributed by atoms with Gasteiger partial charge in [0.1, 0.15) is 11.6 Å². The standard InChI is InChI=1S/C15H13FN2O2S/c1-20-14-7-12(18)4-5-15(14)21(19)9-11-3-2-10(8-17)6-13(11)16/h2-7H,9,18H2,1H3. The van der Waals surface area contributed by atoms with Crippen LogP contribution >= 0.6 is 0 Å². The fourth-order valence-electron chi connectivity index (χ4n) is 1.83. The molecule has 2 rings (SSSR count). The molecule has 108 valence electrons. The second-order valence-corrected chi connectivity index (χ2v) is 5.74. The van der Waals surface area contributed by atoms with E-state index in [1.807, 2.05) is 6.07 Å². The van der Waals surface area contributed by atoms with Crippen molar-refractivity contribution in [3.8, 4) is 11.8 Å². The molecular weight excluding hydrogens is 291 g/mol. The van der Waals surface area contributed by atoms with E-state index < -0.39 is 16.6 Å². The fraction of sp³-hybridized carbons (Fsp3) is 0.133. The lowest BCUT2D eigenvalue weighted by atomic mass is 10.1. The maximum absolute atomic E-state index is 13.8. The third-order valence-corrected chi connectivity index (χ3v) is 4.30. The number of nitrogens with two attached hydrogens (primary N) is 1. The Morgan fingerprint density at radius 2 is 2.10 bits per heavy atom. The van der Waals surface area contributed by atoms with E-state index in [1.54, 1.807) is 18.2 Å². The van der Waals surface area contributed by atoms with Gasteiger partial charge in [-0.25, -0.2) is 4.39 Å². The Bertz CT molecular complexity index is 741. The number of anilines is 1. The van der Waals surface area contributed by atoms with Crippen LogP contribution in [0.5, 0.6) is 5.75 Å². The molecule has 0 fully saturated rings. The molecule has 0 aliphatic rings. The van der Waals surface area contributed by atoms with Gasteiger partial charge in [0.15, 0.2) is 0 Å². The van der Waals surface area contributed by atoms with Crippen LogP contribution in [0.1, 0.15) is 11.1 Å². The van der Waals surface area contributed by atoms with Crippen molar-refractivity contribution in [2.45, 2.75) is 10.6 Å². The van der Waals surface area contributed by atoms with Crippen LogP contribution in [-0.4, -0.2) is 11.3 Å². The lowest BCUT2D eigenvalue weighted by Gasteiger charge is -2.09. The molecule has 0 amide bonds. The van der Waals surface area contributed by atoms with Gasteiger partial charge >= 0.3 is 0 Å². The van der Waals surface area contributed by atoms with Crippen molar-refractivity contribution >= 4 is 16.5 Å². The molecule has 0 bridgehead atoms. The van der Waals surface area contributed by atoms with E-state index in [9.17, 15) is 8.60 Å². The van der Waals surface area contributed by atoms with Gasteiger partial charge in [-0.05, 0) is 24.3 Å². The highest BCUT2D eigenvalue weighted by molar-refractivity contribution is 7.84. The second kappa shape index (κ2) is 6.37. The van der Waals surface area contributed by atoms with Crippen molar-refractivity contribution < 1.29 is 13.3 Å². The van der Waals surface area contributed by atoms with Crippen LogP contribution in [0.25, 0.3) is 0 Å². The number of nitrogen functional groups attached to an aromatic ring is 1. The Balaban J connectivity index is 2.28. The maximum Gasteiger partial charge on any atom is 0.137 e. The number of benzene rings is 2. The van der Waals surface area contributed by atoms with E-state index in [2.05, 4.69) is 0 Å². The maximum atomic E-state index is 13.8. The van der Waals surface area contributed by atoms with E-state index >= 15 is 0 Å². The van der Waals surface area contributed by atoms with Crippen molar-refractivity contribution in [2.24, 2.45) is 0 Å². The van der Waals surface area contributed by atoms with Crippen LogP contribution in [0.4, 0.5) is 10.1 Å². The molecule has 1 unspecified atom stereocenters. The summed E-state index contributed by atoms with van der Waals surface area (Å²) in [6.07, 6.45) is 0. The zero-order chi connectivity index (χ0) is 15.4. The Morgan fingerprint density at radius 1 is 1.33 bits per heavy atom. The lowest BCUT2D eigenvalue weighted by molar-refractivity contribution is 0.404. The predicted molar refractivity (Wildman–Crippen MR) is 78.6 cm³/mol. The highest BCUT2D eigenvalue weighted by Crippen LogP contribution is 2.27. The third-order valence-electron chi connectivity index (χ3n) is 2.90. The molecule has 0 radical (unpaired) electrons. The van der Waals surface area contributed by atoms with Crippen LogP contribution in [0.2, 0.25) is 0 Å². The zero-order valence-corrected chi connectivity index (χ0v) is 12.1. The average Bonchev–Trinajstić information content (AvgIpc) is 2.48. The third kappa shape index (κ3) is 3.38. The summed E-state index contributed by atoms with van der Waals surface area (Å²) in [6, 6.07) is 10.7. The van der Waals surface area contributed by atoms with Crippen molar-refractivity contribution in [3.05, 3.63) is 53.3 Å². The van der Waals surface area contributed by atoms with Crippen LogP contribution in [-0.2, 0) is 16.6 Å². The number of rotatable bonds is 4. The van der Waals surface area contributed by atoms with Crippen molar-refractivity contribution in [3.63, 3.8) is 0 Å². The van der Waals surface area contributed by atoms with E-state index in [-0.39, 0.29) is 16.9 Å². The predicted octanol–water partition coefficient (Wildman–Crippen LogP) is 2.60. The molecule has 0 spiro atoms. The van der Waals surface area contributed by atoms with Crippen LogP contribution < -0.4 is 10.5 Å². The topological polar surface area (TPSA) is 76.1 Å².